The first-order valence-electron chi connectivity index (χ1n) is 6.60. The number of rotatable bonds is 3. The van der Waals surface area contributed by atoms with Gasteiger partial charge < -0.3 is 14.8 Å². The van der Waals surface area contributed by atoms with Crippen molar-refractivity contribution in [1.29, 1.82) is 0 Å². The fourth-order valence-corrected chi connectivity index (χ4v) is 3.60. The summed E-state index contributed by atoms with van der Waals surface area (Å²) in [6.07, 6.45) is 4.35. The number of carbonyl (C=O) groups excluding carboxylic acids is 1. The highest BCUT2D eigenvalue weighted by Gasteiger charge is 2.39. The maximum atomic E-state index is 12.0. The van der Waals surface area contributed by atoms with E-state index in [-0.39, 0.29) is 5.91 Å². The van der Waals surface area contributed by atoms with E-state index in [2.05, 4.69) is 10.3 Å². The van der Waals surface area contributed by atoms with Gasteiger partial charge in [0.1, 0.15) is 5.65 Å². The third-order valence-corrected chi connectivity index (χ3v) is 4.76. The summed E-state index contributed by atoms with van der Waals surface area (Å²) in [5.41, 5.74) is 1.57. The Morgan fingerprint density at radius 3 is 3.20 bits per heavy atom. The van der Waals surface area contributed by atoms with E-state index in [0.29, 0.717) is 18.7 Å². The summed E-state index contributed by atoms with van der Waals surface area (Å²) >= 11 is 1.61. The Hall–Kier alpha value is -1.53. The van der Waals surface area contributed by atoms with Crippen molar-refractivity contribution in [3.63, 3.8) is 0 Å². The van der Waals surface area contributed by atoms with E-state index in [9.17, 15) is 9.90 Å². The third kappa shape index (κ3) is 2.41. The lowest BCUT2D eigenvalue weighted by Crippen LogP contribution is -2.46. The highest BCUT2D eigenvalue weighted by molar-refractivity contribution is 7.99. The number of imidazole rings is 1. The molecule has 1 atom stereocenters. The lowest BCUT2D eigenvalue weighted by atomic mass is 10.0. The Bertz CT molecular complexity index is 647. The number of aliphatic hydroxyl groups is 1. The zero-order valence-corrected chi connectivity index (χ0v) is 12.1. The SMILES string of the molecule is Cc1cccn2cc(CNC(=O)C3(O)CCSC3)nc12. The van der Waals surface area contributed by atoms with Crippen molar-refractivity contribution in [1.82, 2.24) is 14.7 Å². The lowest BCUT2D eigenvalue weighted by Gasteiger charge is -2.19. The first-order chi connectivity index (χ1) is 9.58. The van der Waals surface area contributed by atoms with Crippen molar-refractivity contribution in [2.75, 3.05) is 11.5 Å². The molecule has 106 valence electrons. The number of aromatic nitrogens is 2. The van der Waals surface area contributed by atoms with Gasteiger partial charge in [0.2, 0.25) is 0 Å². The normalized spacial score (nSPS) is 22.3. The quantitative estimate of drug-likeness (QED) is 0.889. The van der Waals surface area contributed by atoms with Crippen LogP contribution in [0, 0.1) is 6.92 Å². The van der Waals surface area contributed by atoms with Gasteiger partial charge in [0.25, 0.3) is 5.91 Å². The van der Waals surface area contributed by atoms with Crippen LogP contribution in [-0.2, 0) is 11.3 Å². The van der Waals surface area contributed by atoms with E-state index in [1.807, 2.05) is 35.9 Å². The molecule has 1 amide bonds. The van der Waals surface area contributed by atoms with Gasteiger partial charge in [-0.15, -0.1) is 0 Å². The van der Waals surface area contributed by atoms with Crippen molar-refractivity contribution < 1.29 is 9.90 Å². The van der Waals surface area contributed by atoms with Crippen molar-refractivity contribution in [3.05, 3.63) is 35.8 Å². The molecule has 2 N–H and O–H groups in total. The molecule has 20 heavy (non-hydrogen) atoms. The number of thioether (sulfide) groups is 1. The molecule has 0 aliphatic carbocycles. The van der Waals surface area contributed by atoms with Gasteiger partial charge in [-0.25, -0.2) is 4.98 Å². The Labute approximate surface area is 121 Å². The van der Waals surface area contributed by atoms with Crippen LogP contribution in [0.25, 0.3) is 5.65 Å². The first kappa shape index (κ1) is 13.5. The molecule has 2 aromatic heterocycles. The van der Waals surface area contributed by atoms with Gasteiger partial charge in [0.15, 0.2) is 5.60 Å². The molecule has 0 saturated carbocycles. The predicted molar refractivity (Wildman–Crippen MR) is 78.7 cm³/mol. The maximum absolute atomic E-state index is 12.0. The molecule has 1 saturated heterocycles. The molecule has 2 aromatic rings. The van der Waals surface area contributed by atoms with Crippen molar-refractivity contribution in [3.8, 4) is 0 Å². The van der Waals surface area contributed by atoms with Crippen LogP contribution in [0.15, 0.2) is 24.5 Å². The molecule has 0 bridgehead atoms. The zero-order valence-electron chi connectivity index (χ0n) is 11.3. The Morgan fingerprint density at radius 2 is 2.50 bits per heavy atom. The molecule has 0 aromatic carbocycles. The number of aryl methyl sites for hydroxylation is 1. The fourth-order valence-electron chi connectivity index (χ4n) is 2.36. The molecular weight excluding hydrogens is 274 g/mol. The van der Waals surface area contributed by atoms with Crippen molar-refractivity contribution in [2.45, 2.75) is 25.5 Å². The van der Waals surface area contributed by atoms with Crippen molar-refractivity contribution in [2.24, 2.45) is 0 Å². The molecule has 1 unspecified atom stereocenters. The van der Waals surface area contributed by atoms with Crippen LogP contribution in [0.4, 0.5) is 0 Å². The number of pyridine rings is 1. The summed E-state index contributed by atoms with van der Waals surface area (Å²) < 4.78 is 1.94. The summed E-state index contributed by atoms with van der Waals surface area (Å²) in [7, 11) is 0. The van der Waals surface area contributed by atoms with Crippen LogP contribution in [0.3, 0.4) is 0 Å². The summed E-state index contributed by atoms with van der Waals surface area (Å²) in [6.45, 7) is 2.34. The topological polar surface area (TPSA) is 66.6 Å². The van der Waals surface area contributed by atoms with E-state index in [4.69, 9.17) is 0 Å². The minimum absolute atomic E-state index is 0.295. The molecule has 5 nitrogen and oxygen atoms in total. The number of hydrogen-bond donors (Lipinski definition) is 2. The van der Waals surface area contributed by atoms with E-state index < -0.39 is 5.60 Å². The van der Waals surface area contributed by atoms with Crippen LogP contribution >= 0.6 is 11.8 Å². The summed E-state index contributed by atoms with van der Waals surface area (Å²) in [6, 6.07) is 3.97. The number of hydrogen-bond acceptors (Lipinski definition) is 4. The standard InChI is InChI=1S/C14H17N3O2S/c1-10-3-2-5-17-8-11(16-12(10)17)7-15-13(18)14(19)4-6-20-9-14/h2-3,5,8,19H,4,6-7,9H2,1H3,(H,15,18). The minimum atomic E-state index is -1.21. The van der Waals surface area contributed by atoms with E-state index in [1.165, 1.54) is 0 Å². The van der Waals surface area contributed by atoms with Crippen LogP contribution < -0.4 is 5.32 Å². The minimum Gasteiger partial charge on any atom is -0.379 e. The van der Waals surface area contributed by atoms with E-state index in [0.717, 1.165) is 22.7 Å². The van der Waals surface area contributed by atoms with Gasteiger partial charge in [-0.2, -0.15) is 11.8 Å². The molecule has 0 radical (unpaired) electrons. The van der Waals surface area contributed by atoms with Crippen LogP contribution in [0.5, 0.6) is 0 Å². The van der Waals surface area contributed by atoms with Gasteiger partial charge in [-0.05, 0) is 30.7 Å². The molecule has 1 aliphatic rings. The number of amides is 1. The van der Waals surface area contributed by atoms with Gasteiger partial charge in [0.05, 0.1) is 12.2 Å². The average molecular weight is 291 g/mol. The van der Waals surface area contributed by atoms with Crippen LogP contribution in [0.1, 0.15) is 17.7 Å². The zero-order chi connectivity index (χ0) is 14.2. The van der Waals surface area contributed by atoms with Gasteiger partial charge in [0, 0.05) is 18.1 Å². The Morgan fingerprint density at radius 1 is 1.65 bits per heavy atom. The second-order valence-electron chi connectivity index (χ2n) is 5.17. The second-order valence-corrected chi connectivity index (χ2v) is 6.28. The molecule has 3 rings (SSSR count). The van der Waals surface area contributed by atoms with Crippen LogP contribution in [-0.4, -0.2) is 37.5 Å². The third-order valence-electron chi connectivity index (χ3n) is 3.58. The molecule has 3 heterocycles. The Balaban J connectivity index is 1.71. The van der Waals surface area contributed by atoms with Gasteiger partial charge in [-0.3, -0.25) is 4.79 Å². The number of carbonyl (C=O) groups is 1. The maximum Gasteiger partial charge on any atom is 0.253 e. The fraction of sp³-hybridized carbons (Fsp3) is 0.429. The van der Waals surface area contributed by atoms with E-state index >= 15 is 0 Å². The largest absolute Gasteiger partial charge is 0.379 e. The second kappa shape index (κ2) is 5.10. The predicted octanol–water partition coefficient (Wildman–Crippen LogP) is 1.13. The lowest BCUT2D eigenvalue weighted by molar-refractivity contribution is -0.137. The monoisotopic (exact) mass is 291 g/mol. The molecule has 1 aliphatic heterocycles. The summed E-state index contributed by atoms with van der Waals surface area (Å²) in [5.74, 6) is 1.01. The first-order valence-corrected chi connectivity index (χ1v) is 7.76. The molecule has 1 fully saturated rings. The number of fused-ring (bicyclic) bond motifs is 1. The molecular formula is C14H17N3O2S. The van der Waals surface area contributed by atoms with E-state index in [1.54, 1.807) is 11.8 Å². The number of nitrogens with one attached hydrogen (secondary N) is 1. The summed E-state index contributed by atoms with van der Waals surface area (Å²) in [5, 5.41) is 12.9. The van der Waals surface area contributed by atoms with Gasteiger partial charge >= 0.3 is 0 Å². The highest BCUT2D eigenvalue weighted by atomic mass is 32.2. The average Bonchev–Trinajstić information content (AvgIpc) is 3.04. The van der Waals surface area contributed by atoms with Crippen LogP contribution in [0.2, 0.25) is 0 Å². The number of nitrogens with zero attached hydrogens (tertiary/aromatic N) is 2. The smallest absolute Gasteiger partial charge is 0.253 e. The molecule has 6 heteroatoms. The van der Waals surface area contributed by atoms with Gasteiger partial charge in [-0.1, -0.05) is 6.07 Å². The van der Waals surface area contributed by atoms with Crippen molar-refractivity contribution >= 4 is 23.3 Å². The highest BCUT2D eigenvalue weighted by Crippen LogP contribution is 2.27. The Kier molecular flexibility index (Phi) is 3.43. The molecule has 0 spiro atoms. The summed E-state index contributed by atoms with van der Waals surface area (Å²) in [4.78, 5) is 16.5.